The number of alkyl halides is 3. The summed E-state index contributed by atoms with van der Waals surface area (Å²) in [6, 6.07) is 13.2. The number of benzene rings is 3. The number of esters is 2. The summed E-state index contributed by atoms with van der Waals surface area (Å²) in [6.07, 6.45) is 7.35. The molecular formula is C37H37ClF4O7S. The summed E-state index contributed by atoms with van der Waals surface area (Å²) in [5.74, 6) is -1.92. The van der Waals surface area contributed by atoms with Crippen LogP contribution in [0.1, 0.15) is 85.2 Å². The van der Waals surface area contributed by atoms with Crippen molar-refractivity contribution >= 4 is 44.8 Å². The van der Waals surface area contributed by atoms with Gasteiger partial charge in [0.2, 0.25) is 0 Å². The second-order valence-electron chi connectivity index (χ2n) is 13.1. The van der Waals surface area contributed by atoms with Crippen molar-refractivity contribution in [3.63, 3.8) is 0 Å². The van der Waals surface area contributed by atoms with Crippen LogP contribution in [0, 0.1) is 16.6 Å². The third-order valence-electron chi connectivity index (χ3n) is 8.82. The van der Waals surface area contributed by atoms with E-state index in [4.69, 9.17) is 16.3 Å². The van der Waals surface area contributed by atoms with Crippen LogP contribution in [0.3, 0.4) is 0 Å². The fourth-order valence-electron chi connectivity index (χ4n) is 6.10. The maximum Gasteiger partial charge on any atom is 0.534 e. The minimum Gasteiger partial charge on any atom is -0.465 e. The number of allylic oxidation sites excluding steroid dienone is 4. The van der Waals surface area contributed by atoms with Crippen LogP contribution in [0.5, 0.6) is 5.75 Å². The summed E-state index contributed by atoms with van der Waals surface area (Å²) < 4.78 is 88.9. The zero-order chi connectivity index (χ0) is 37.2. The number of hydrogen-bond donors (Lipinski definition) is 0. The third kappa shape index (κ3) is 8.24. The van der Waals surface area contributed by atoms with E-state index >= 15 is 0 Å². The molecule has 0 saturated carbocycles. The van der Waals surface area contributed by atoms with E-state index in [2.05, 4.69) is 28.8 Å². The fraction of sp³-hybridized carbons (Fsp3) is 0.351. The first-order valence-electron chi connectivity index (χ1n) is 15.6. The van der Waals surface area contributed by atoms with E-state index in [9.17, 15) is 35.6 Å². The Bertz CT molecular complexity index is 1980. The van der Waals surface area contributed by atoms with E-state index in [1.54, 1.807) is 30.3 Å². The number of halogens is 5. The van der Waals surface area contributed by atoms with Crippen LogP contribution in [0.2, 0.25) is 5.02 Å². The van der Waals surface area contributed by atoms with Crippen molar-refractivity contribution < 1.29 is 49.2 Å². The molecule has 0 amide bonds. The summed E-state index contributed by atoms with van der Waals surface area (Å²) in [5.41, 5.74) is -1.59. The molecule has 0 fully saturated rings. The predicted octanol–water partition coefficient (Wildman–Crippen LogP) is 10.0. The molecule has 5 rings (SSSR count). The minimum absolute atomic E-state index is 0.0431. The Morgan fingerprint density at radius 2 is 1.22 bits per heavy atom. The Balaban J connectivity index is 0.000000225. The van der Waals surface area contributed by atoms with Crippen LogP contribution in [-0.4, -0.2) is 40.1 Å². The van der Waals surface area contributed by atoms with Crippen molar-refractivity contribution in [1.29, 1.82) is 0 Å². The lowest BCUT2D eigenvalue weighted by atomic mass is 9.79. The summed E-state index contributed by atoms with van der Waals surface area (Å²) in [4.78, 5) is 23.7. The molecule has 0 unspecified atom stereocenters. The van der Waals surface area contributed by atoms with Crippen molar-refractivity contribution in [1.82, 2.24) is 0 Å². The maximum absolute atomic E-state index is 14.5. The van der Waals surface area contributed by atoms with Gasteiger partial charge in [-0.3, -0.25) is 0 Å². The average Bonchev–Trinajstić information content (AvgIpc) is 3.60. The Labute approximate surface area is 294 Å². The molecule has 0 saturated heterocycles. The highest BCUT2D eigenvalue weighted by atomic mass is 35.5. The van der Waals surface area contributed by atoms with Gasteiger partial charge in [-0.2, -0.15) is 21.6 Å². The lowest BCUT2D eigenvalue weighted by Crippen LogP contribution is -2.28. The molecule has 3 aromatic carbocycles. The number of rotatable bonds is 7. The topological polar surface area (TPSA) is 96.0 Å². The number of methoxy groups -OCH3 is 2. The standard InChI is InChI=1S/C21H20ClFO2.C16H17F3O5S/c1-21(2)10-4-5-18(21)16-11-13(20(24)25-3)6-8-15(16)17-12-14(22)7-9-19(17)23;1-15(2)8-4-5-12(15)11-9-10(14(20)23-3)6-7-13(11)24-25(21,22)16(17,18)19/h5-9,11-12H,4,10H2,1-3H3;5-7,9H,4,8H2,1-3H3. The first kappa shape index (κ1) is 38.6. The van der Waals surface area contributed by atoms with E-state index in [1.165, 1.54) is 32.4 Å². The van der Waals surface area contributed by atoms with Crippen molar-refractivity contribution in [2.24, 2.45) is 10.8 Å². The van der Waals surface area contributed by atoms with Gasteiger partial charge < -0.3 is 13.7 Å². The van der Waals surface area contributed by atoms with Crippen LogP contribution in [-0.2, 0) is 19.6 Å². The summed E-state index contributed by atoms with van der Waals surface area (Å²) >= 11 is 6.08. The normalized spacial score (nSPS) is 16.5. The molecule has 3 aromatic rings. The molecule has 2 aliphatic carbocycles. The van der Waals surface area contributed by atoms with E-state index in [1.807, 2.05) is 13.8 Å². The first-order chi connectivity index (χ1) is 23.2. The zero-order valence-electron chi connectivity index (χ0n) is 28.3. The molecule has 50 heavy (non-hydrogen) atoms. The van der Waals surface area contributed by atoms with Crippen molar-refractivity contribution in [3.8, 4) is 16.9 Å². The highest BCUT2D eigenvalue weighted by molar-refractivity contribution is 7.88. The Hall–Kier alpha value is -4.16. The number of ether oxygens (including phenoxy) is 2. The summed E-state index contributed by atoms with van der Waals surface area (Å²) in [6.45, 7) is 8.07. The van der Waals surface area contributed by atoms with E-state index in [0.29, 0.717) is 28.1 Å². The monoisotopic (exact) mass is 736 g/mol. The highest BCUT2D eigenvalue weighted by Crippen LogP contribution is 2.49. The van der Waals surface area contributed by atoms with Gasteiger partial charge in [0.15, 0.2) is 5.75 Å². The summed E-state index contributed by atoms with van der Waals surface area (Å²) in [7, 11) is -3.30. The smallest absolute Gasteiger partial charge is 0.465 e. The quantitative estimate of drug-likeness (QED) is 0.103. The summed E-state index contributed by atoms with van der Waals surface area (Å²) in [5, 5.41) is 0.471. The van der Waals surface area contributed by atoms with Crippen LogP contribution >= 0.6 is 11.6 Å². The number of carbonyl (C=O) groups excluding carboxylic acids is 2. The molecular weight excluding hydrogens is 700 g/mol. The van der Waals surface area contributed by atoms with Gasteiger partial charge in [-0.15, -0.1) is 0 Å². The van der Waals surface area contributed by atoms with Gasteiger partial charge in [-0.25, -0.2) is 14.0 Å². The molecule has 0 N–H and O–H groups in total. The van der Waals surface area contributed by atoms with Gasteiger partial charge in [0, 0.05) is 16.1 Å². The first-order valence-corrected chi connectivity index (χ1v) is 17.3. The Kier molecular flexibility index (Phi) is 11.3. The number of carbonyl (C=O) groups is 2. The second kappa shape index (κ2) is 14.6. The Morgan fingerprint density at radius 1 is 0.720 bits per heavy atom. The molecule has 0 radical (unpaired) electrons. The molecule has 0 spiro atoms. The van der Waals surface area contributed by atoms with Crippen LogP contribution in [0.25, 0.3) is 22.3 Å². The van der Waals surface area contributed by atoms with Gasteiger partial charge in [-0.05, 0) is 107 Å². The van der Waals surface area contributed by atoms with Crippen molar-refractivity contribution in [2.75, 3.05) is 14.2 Å². The molecule has 0 heterocycles. The van der Waals surface area contributed by atoms with Gasteiger partial charge in [0.05, 0.1) is 25.3 Å². The lowest BCUT2D eigenvalue weighted by Gasteiger charge is -2.25. The minimum atomic E-state index is -5.82. The second-order valence-corrected chi connectivity index (χ2v) is 15.1. The largest absolute Gasteiger partial charge is 0.534 e. The molecule has 7 nitrogen and oxygen atoms in total. The highest BCUT2D eigenvalue weighted by Gasteiger charge is 2.49. The fourth-order valence-corrected chi connectivity index (χ4v) is 6.75. The maximum atomic E-state index is 14.5. The van der Waals surface area contributed by atoms with Crippen molar-refractivity contribution in [2.45, 2.75) is 58.9 Å². The predicted molar refractivity (Wildman–Crippen MR) is 184 cm³/mol. The third-order valence-corrected chi connectivity index (χ3v) is 10.0. The van der Waals surface area contributed by atoms with Gasteiger partial charge >= 0.3 is 27.6 Å². The molecule has 0 aliphatic heterocycles. The molecule has 0 aromatic heterocycles. The Morgan fingerprint density at radius 3 is 1.70 bits per heavy atom. The lowest BCUT2D eigenvalue weighted by molar-refractivity contribution is -0.0500. The SMILES string of the molecule is COC(=O)c1ccc(-c2cc(Cl)ccc2F)c(C2=CCCC2(C)C)c1.COC(=O)c1ccc(OS(=O)(=O)C(F)(F)F)c(C2=CCCC2(C)C)c1. The van der Waals surface area contributed by atoms with Crippen LogP contribution in [0.15, 0.2) is 66.7 Å². The molecule has 2 aliphatic rings. The van der Waals surface area contributed by atoms with Gasteiger partial charge in [0.1, 0.15) is 5.82 Å². The molecule has 0 bridgehead atoms. The van der Waals surface area contributed by atoms with E-state index in [-0.39, 0.29) is 22.4 Å². The molecule has 268 valence electrons. The van der Waals surface area contributed by atoms with E-state index < -0.39 is 38.7 Å². The number of hydrogen-bond acceptors (Lipinski definition) is 7. The van der Waals surface area contributed by atoms with Crippen LogP contribution in [0.4, 0.5) is 17.6 Å². The van der Waals surface area contributed by atoms with Crippen LogP contribution < -0.4 is 4.18 Å². The van der Waals surface area contributed by atoms with Gasteiger partial charge in [0.25, 0.3) is 0 Å². The zero-order valence-corrected chi connectivity index (χ0v) is 29.9. The van der Waals surface area contributed by atoms with E-state index in [0.717, 1.165) is 48.1 Å². The molecule has 13 heteroatoms. The molecule has 0 atom stereocenters. The van der Waals surface area contributed by atoms with Gasteiger partial charge in [-0.1, -0.05) is 57.5 Å². The van der Waals surface area contributed by atoms with Crippen molar-refractivity contribution in [3.05, 3.63) is 99.8 Å². The average molecular weight is 737 g/mol.